The SMILES string of the molecule is CCC(C)(C)c1ccc2sc3c(c2c1)B1c2c(cccc2N(c2ccc(C(C)(C)C)cc2)c2sc4ccc(C(C)(C)CC)cc4c21)N3c1ccc(-c2ccc3c4ccccc4c4ccccc4c3c2)cc1. The minimum Gasteiger partial charge on any atom is -0.303 e. The zero-order valence-electron chi connectivity index (χ0n) is 42.4. The van der Waals surface area contributed by atoms with Crippen molar-refractivity contribution in [2.75, 3.05) is 9.80 Å². The van der Waals surface area contributed by atoms with Gasteiger partial charge in [0, 0.05) is 32.1 Å². The number of hydrogen-bond donors (Lipinski definition) is 0. The number of anilines is 6. The Morgan fingerprint density at radius 3 is 1.27 bits per heavy atom. The number of nitrogens with zero attached hydrogens (tertiary/aromatic N) is 2. The van der Waals surface area contributed by atoms with E-state index < -0.39 is 0 Å². The van der Waals surface area contributed by atoms with Crippen LogP contribution in [-0.2, 0) is 16.2 Å². The van der Waals surface area contributed by atoms with Crippen LogP contribution in [0.2, 0.25) is 0 Å². The lowest BCUT2D eigenvalue weighted by atomic mass is 9.33. The fraction of sp³-hybridized carbons (Fsp3) is 0.212. The lowest BCUT2D eigenvalue weighted by molar-refractivity contribution is 0.507. The monoisotopic (exact) mass is 954 g/mol. The molecule has 0 N–H and O–H groups in total. The van der Waals surface area contributed by atoms with Crippen LogP contribution in [0.3, 0.4) is 0 Å². The van der Waals surface area contributed by atoms with Crippen molar-refractivity contribution in [3.05, 3.63) is 187 Å². The Balaban J connectivity index is 1.05. The maximum absolute atomic E-state index is 2.61. The third kappa shape index (κ3) is 6.72. The fourth-order valence-electron chi connectivity index (χ4n) is 11.7. The van der Waals surface area contributed by atoms with E-state index in [1.165, 1.54) is 129 Å². The Kier molecular flexibility index (Phi) is 9.94. The highest BCUT2D eigenvalue weighted by Crippen LogP contribution is 2.51. The van der Waals surface area contributed by atoms with Gasteiger partial charge in [0.05, 0.1) is 10.0 Å². The molecule has 0 aliphatic carbocycles. The van der Waals surface area contributed by atoms with Gasteiger partial charge < -0.3 is 9.80 Å². The molecule has 5 heteroatoms. The molecule has 0 radical (unpaired) electrons. The minimum absolute atomic E-state index is 0.0396. The van der Waals surface area contributed by atoms with Gasteiger partial charge in [-0.3, -0.25) is 0 Å². The molecule has 71 heavy (non-hydrogen) atoms. The lowest BCUT2D eigenvalue weighted by Gasteiger charge is -2.42. The second-order valence-corrected chi connectivity index (χ2v) is 24.6. The minimum atomic E-state index is 0.0396. The Labute approximate surface area is 427 Å². The lowest BCUT2D eigenvalue weighted by Crippen LogP contribution is -2.60. The molecule has 0 saturated heterocycles. The molecule has 0 saturated carbocycles. The maximum atomic E-state index is 2.61. The molecule has 2 aliphatic rings. The summed E-state index contributed by atoms with van der Waals surface area (Å²) in [6, 6.07) is 65.5. The summed E-state index contributed by atoms with van der Waals surface area (Å²) in [5.74, 6) is 0. The van der Waals surface area contributed by atoms with E-state index in [0.29, 0.717) is 0 Å². The summed E-state index contributed by atoms with van der Waals surface area (Å²) in [6.07, 6.45) is 2.15. The predicted octanol–water partition coefficient (Wildman–Crippen LogP) is 18.0. The number of rotatable bonds is 7. The molecule has 0 spiro atoms. The zero-order chi connectivity index (χ0) is 48.7. The summed E-state index contributed by atoms with van der Waals surface area (Å²) in [5, 5.41) is 13.2. The highest BCUT2D eigenvalue weighted by atomic mass is 32.1. The number of hydrogen-bond acceptors (Lipinski definition) is 4. The normalized spacial score (nSPS) is 13.7. The van der Waals surface area contributed by atoms with Crippen LogP contribution in [0, 0.1) is 0 Å². The molecule has 0 atom stereocenters. The number of benzene rings is 9. The van der Waals surface area contributed by atoms with Crippen LogP contribution in [0.15, 0.2) is 170 Å². The van der Waals surface area contributed by atoms with Crippen LogP contribution in [0.4, 0.5) is 32.8 Å². The van der Waals surface area contributed by atoms with E-state index in [4.69, 9.17) is 0 Å². The Morgan fingerprint density at radius 2 is 0.803 bits per heavy atom. The van der Waals surface area contributed by atoms with Gasteiger partial charge in [-0.2, -0.15) is 0 Å². The molecular weight excluding hydrogens is 896 g/mol. The summed E-state index contributed by atoms with van der Waals surface area (Å²) < 4.78 is 2.68. The van der Waals surface area contributed by atoms with Crippen molar-refractivity contribution < 1.29 is 0 Å². The van der Waals surface area contributed by atoms with Gasteiger partial charge in [-0.1, -0.05) is 178 Å². The summed E-state index contributed by atoms with van der Waals surface area (Å²) in [4.78, 5) is 5.21. The molecule has 0 fully saturated rings. The fourth-order valence-corrected chi connectivity index (χ4v) is 14.3. The molecule has 0 amide bonds. The largest absolute Gasteiger partial charge is 0.303 e. The average Bonchev–Trinajstić information content (AvgIpc) is 3.97. The first-order valence-corrected chi connectivity index (χ1v) is 27.3. The van der Waals surface area contributed by atoms with Crippen LogP contribution in [0.25, 0.3) is 63.6 Å². The van der Waals surface area contributed by atoms with E-state index in [0.717, 1.165) is 12.8 Å². The number of fused-ring (bicyclic) bond motifs is 14. The second kappa shape index (κ2) is 15.9. The molecule has 348 valence electrons. The third-order valence-corrected chi connectivity index (χ3v) is 19.1. The van der Waals surface area contributed by atoms with Gasteiger partial charge in [0.25, 0.3) is 6.71 Å². The van der Waals surface area contributed by atoms with E-state index in [1.54, 1.807) is 0 Å². The molecule has 0 unspecified atom stereocenters. The molecule has 13 rings (SSSR count). The summed E-state index contributed by atoms with van der Waals surface area (Å²) in [6.45, 7) is 21.2. The van der Waals surface area contributed by atoms with E-state index >= 15 is 0 Å². The van der Waals surface area contributed by atoms with Crippen LogP contribution in [-0.4, -0.2) is 6.71 Å². The molecule has 9 aromatic carbocycles. The average molecular weight is 955 g/mol. The third-order valence-electron chi connectivity index (χ3n) is 16.8. The molecule has 11 aromatic rings. The maximum Gasteiger partial charge on any atom is 0.256 e. The molecular formula is C66H59BN2S2. The van der Waals surface area contributed by atoms with Gasteiger partial charge in [0.2, 0.25) is 0 Å². The van der Waals surface area contributed by atoms with Crippen molar-refractivity contribution in [2.24, 2.45) is 0 Å². The quantitative estimate of drug-likeness (QED) is 0.116. The standard InChI is InChI=1S/C66H59BN2S2/c1-10-65(6,7)43-28-35-57-53(38-43)59-62(70-57)68(45-30-23-40(24-31-45)41-25-34-51-49-19-13-12-17-47(49)48-18-14-15-20-50(48)52(51)37-41)55-21-16-22-56-61(55)67(59)60-54-39-44(66(8,9)11-2)29-36-58(54)71-63(60)69(56)46-32-26-42(27-33-46)64(3,4)5/h12-39H,10-11H2,1-9H3. The van der Waals surface area contributed by atoms with Gasteiger partial charge in [-0.05, 0) is 171 Å². The molecule has 2 aromatic heterocycles. The Bertz CT molecular complexity index is 3920. The van der Waals surface area contributed by atoms with Gasteiger partial charge in [-0.15, -0.1) is 22.7 Å². The smallest absolute Gasteiger partial charge is 0.256 e. The first-order valence-electron chi connectivity index (χ1n) is 25.7. The Morgan fingerprint density at radius 1 is 0.380 bits per heavy atom. The van der Waals surface area contributed by atoms with Crippen LogP contribution in [0.1, 0.15) is 91.8 Å². The first kappa shape index (κ1) is 44.3. The summed E-state index contributed by atoms with van der Waals surface area (Å²) in [7, 11) is 0. The number of thiophene rings is 2. The molecule has 2 nitrogen and oxygen atoms in total. The topological polar surface area (TPSA) is 6.48 Å². The van der Waals surface area contributed by atoms with Crippen molar-refractivity contribution in [1.29, 1.82) is 0 Å². The summed E-state index contributed by atoms with van der Waals surface area (Å²) >= 11 is 3.92. The van der Waals surface area contributed by atoms with E-state index in [-0.39, 0.29) is 23.0 Å². The molecule has 0 bridgehead atoms. The van der Waals surface area contributed by atoms with Crippen molar-refractivity contribution >= 4 is 131 Å². The van der Waals surface area contributed by atoms with Crippen molar-refractivity contribution in [1.82, 2.24) is 0 Å². The van der Waals surface area contributed by atoms with E-state index in [1.807, 2.05) is 22.7 Å². The van der Waals surface area contributed by atoms with Gasteiger partial charge in [0.15, 0.2) is 0 Å². The Hall–Kier alpha value is -6.66. The van der Waals surface area contributed by atoms with Crippen molar-refractivity contribution in [2.45, 2.75) is 91.4 Å². The van der Waals surface area contributed by atoms with E-state index in [9.17, 15) is 0 Å². The van der Waals surface area contributed by atoms with Gasteiger partial charge in [-0.25, -0.2) is 0 Å². The van der Waals surface area contributed by atoms with Crippen molar-refractivity contribution in [3.8, 4) is 11.1 Å². The van der Waals surface area contributed by atoms with E-state index in [2.05, 4.69) is 242 Å². The van der Waals surface area contributed by atoms with Crippen LogP contribution < -0.4 is 26.2 Å². The van der Waals surface area contributed by atoms with Gasteiger partial charge >= 0.3 is 0 Å². The predicted molar refractivity (Wildman–Crippen MR) is 315 cm³/mol. The highest BCUT2D eigenvalue weighted by molar-refractivity contribution is 7.29. The van der Waals surface area contributed by atoms with Crippen molar-refractivity contribution in [3.63, 3.8) is 0 Å². The van der Waals surface area contributed by atoms with Crippen LogP contribution >= 0.6 is 22.7 Å². The van der Waals surface area contributed by atoms with Crippen LogP contribution in [0.5, 0.6) is 0 Å². The van der Waals surface area contributed by atoms with Gasteiger partial charge in [0.1, 0.15) is 0 Å². The zero-order valence-corrected chi connectivity index (χ0v) is 44.0. The second-order valence-electron chi connectivity index (χ2n) is 22.5. The highest BCUT2D eigenvalue weighted by Gasteiger charge is 2.47. The molecule has 4 heterocycles. The summed E-state index contributed by atoms with van der Waals surface area (Å²) in [5.41, 5.74) is 15.9. The first-order chi connectivity index (χ1) is 34.2. The molecule has 2 aliphatic heterocycles.